The smallest absolute Gasteiger partial charge is 0.153 e. The first-order chi connectivity index (χ1) is 7.63. The molecule has 0 saturated carbocycles. The van der Waals surface area contributed by atoms with Gasteiger partial charge in [-0.25, -0.2) is 8.78 Å². The van der Waals surface area contributed by atoms with Crippen LogP contribution in [-0.2, 0) is 0 Å². The van der Waals surface area contributed by atoms with Crippen LogP contribution in [-0.4, -0.2) is 31.4 Å². The third-order valence-corrected chi connectivity index (χ3v) is 2.79. The molecule has 16 heavy (non-hydrogen) atoms. The van der Waals surface area contributed by atoms with E-state index in [1.54, 1.807) is 11.9 Å². The highest BCUT2D eigenvalue weighted by Gasteiger charge is 2.27. The Morgan fingerprint density at radius 1 is 1.50 bits per heavy atom. The Labute approximate surface area is 92.2 Å². The molecule has 0 saturated heterocycles. The first kappa shape index (κ1) is 11.1. The van der Waals surface area contributed by atoms with Gasteiger partial charge in [-0.15, -0.1) is 0 Å². The minimum Gasteiger partial charge on any atom is -0.489 e. The lowest BCUT2D eigenvalue weighted by Crippen LogP contribution is -2.41. The predicted molar refractivity (Wildman–Crippen MR) is 55.7 cm³/mol. The lowest BCUT2D eigenvalue weighted by atomic mass is 10.1. The van der Waals surface area contributed by atoms with Gasteiger partial charge in [0, 0.05) is 25.8 Å². The maximum atomic E-state index is 13.6. The number of benzene rings is 1. The molecule has 1 atom stereocenters. The summed E-state index contributed by atoms with van der Waals surface area (Å²) in [4.78, 5) is 1.68. The molecule has 1 aliphatic rings. The highest BCUT2D eigenvalue weighted by Crippen LogP contribution is 2.36. The van der Waals surface area contributed by atoms with Gasteiger partial charge in [0.2, 0.25) is 0 Å². The number of hydrogen-bond donors (Lipinski definition) is 1. The van der Waals surface area contributed by atoms with Gasteiger partial charge in [0.25, 0.3) is 0 Å². The Balaban J connectivity index is 2.36. The molecule has 0 amide bonds. The largest absolute Gasteiger partial charge is 0.489 e. The number of ether oxygens (including phenoxy) is 1. The molecule has 3 nitrogen and oxygen atoms in total. The fraction of sp³-hybridized carbons (Fsp3) is 0.455. The van der Waals surface area contributed by atoms with Gasteiger partial charge in [0.1, 0.15) is 23.9 Å². The number of aliphatic hydroxyl groups excluding tert-OH is 1. The molecular formula is C11H13F2NO2. The second kappa shape index (κ2) is 4.25. The summed E-state index contributed by atoms with van der Waals surface area (Å²) in [6.07, 6.45) is 0.493. The van der Waals surface area contributed by atoms with Crippen molar-refractivity contribution in [1.82, 2.24) is 0 Å². The summed E-state index contributed by atoms with van der Waals surface area (Å²) in [6.45, 7) is 0.337. The highest BCUT2D eigenvalue weighted by atomic mass is 19.1. The molecule has 2 rings (SSSR count). The number of likely N-dealkylation sites (N-methyl/N-ethyl adjacent to an activating group) is 1. The minimum absolute atomic E-state index is 0.0104. The molecule has 0 radical (unpaired) electrons. The number of rotatable bonds is 2. The summed E-state index contributed by atoms with van der Waals surface area (Å²) in [7, 11) is 1.71. The lowest BCUT2D eigenvalue weighted by molar-refractivity contribution is 0.217. The average molecular weight is 229 g/mol. The summed E-state index contributed by atoms with van der Waals surface area (Å²) in [5.41, 5.74) is 0.256. The second-order valence-electron chi connectivity index (χ2n) is 3.82. The number of aliphatic hydroxyl groups is 1. The van der Waals surface area contributed by atoms with Gasteiger partial charge in [-0.2, -0.15) is 0 Å². The van der Waals surface area contributed by atoms with E-state index in [1.165, 1.54) is 6.07 Å². The standard InChI is InChI=1S/C11H13F2NO2/c1-14-8(2-3-15)6-16-10-5-7(12)4-9(13)11(10)14/h4-5,8,15H,2-3,6H2,1H3. The maximum Gasteiger partial charge on any atom is 0.153 e. The number of hydrogen-bond acceptors (Lipinski definition) is 3. The third-order valence-electron chi connectivity index (χ3n) is 2.79. The zero-order valence-electron chi connectivity index (χ0n) is 8.91. The molecule has 0 aromatic heterocycles. The predicted octanol–water partition coefficient (Wildman–Crippen LogP) is 1.54. The first-order valence-corrected chi connectivity index (χ1v) is 5.09. The zero-order valence-corrected chi connectivity index (χ0v) is 8.91. The molecule has 1 heterocycles. The van der Waals surface area contributed by atoms with Gasteiger partial charge in [0.05, 0.1) is 6.04 Å². The number of anilines is 1. The van der Waals surface area contributed by atoms with E-state index in [1.807, 2.05) is 0 Å². The normalized spacial score (nSPS) is 19.2. The monoisotopic (exact) mass is 229 g/mol. The summed E-state index contributed by atoms with van der Waals surface area (Å²) in [6, 6.07) is 1.92. The second-order valence-corrected chi connectivity index (χ2v) is 3.82. The van der Waals surface area contributed by atoms with Crippen molar-refractivity contribution in [3.63, 3.8) is 0 Å². The number of nitrogens with zero attached hydrogens (tertiary/aromatic N) is 1. The molecule has 0 spiro atoms. The Kier molecular flexibility index (Phi) is 2.96. The van der Waals surface area contributed by atoms with Crippen molar-refractivity contribution in [3.05, 3.63) is 23.8 Å². The molecule has 1 aromatic rings. The molecule has 1 aliphatic heterocycles. The summed E-state index contributed by atoms with van der Waals surface area (Å²) in [5.74, 6) is -1.07. The summed E-state index contributed by atoms with van der Waals surface area (Å²) < 4.78 is 31.8. The van der Waals surface area contributed by atoms with Gasteiger partial charge >= 0.3 is 0 Å². The van der Waals surface area contributed by atoms with Crippen molar-refractivity contribution in [2.24, 2.45) is 0 Å². The van der Waals surface area contributed by atoms with E-state index in [0.29, 0.717) is 13.0 Å². The van der Waals surface area contributed by atoms with E-state index in [9.17, 15) is 8.78 Å². The molecule has 0 bridgehead atoms. The van der Waals surface area contributed by atoms with E-state index in [4.69, 9.17) is 9.84 Å². The van der Waals surface area contributed by atoms with Crippen LogP contribution in [0.3, 0.4) is 0 Å². The Bertz CT molecular complexity index is 398. The summed E-state index contributed by atoms with van der Waals surface area (Å²) >= 11 is 0. The molecular weight excluding hydrogens is 216 g/mol. The van der Waals surface area contributed by atoms with Crippen LogP contribution in [0.4, 0.5) is 14.5 Å². The molecule has 0 fully saturated rings. The van der Waals surface area contributed by atoms with Gasteiger partial charge in [-0.05, 0) is 6.42 Å². The fourth-order valence-corrected chi connectivity index (χ4v) is 1.90. The quantitative estimate of drug-likeness (QED) is 0.835. The lowest BCUT2D eigenvalue weighted by Gasteiger charge is -2.35. The van der Waals surface area contributed by atoms with Crippen LogP contribution in [0, 0.1) is 11.6 Å². The van der Waals surface area contributed by atoms with Crippen molar-refractivity contribution in [1.29, 1.82) is 0 Å². The van der Waals surface area contributed by atoms with E-state index in [2.05, 4.69) is 0 Å². The fourth-order valence-electron chi connectivity index (χ4n) is 1.90. The van der Waals surface area contributed by atoms with E-state index >= 15 is 0 Å². The van der Waals surface area contributed by atoms with Crippen molar-refractivity contribution in [2.75, 3.05) is 25.2 Å². The minimum atomic E-state index is -0.648. The summed E-state index contributed by atoms with van der Waals surface area (Å²) in [5, 5.41) is 8.86. The molecule has 1 aromatic carbocycles. The van der Waals surface area contributed by atoms with Gasteiger partial charge in [0.15, 0.2) is 5.82 Å². The maximum absolute atomic E-state index is 13.6. The van der Waals surface area contributed by atoms with Gasteiger partial charge in [-0.1, -0.05) is 0 Å². The van der Waals surface area contributed by atoms with Crippen molar-refractivity contribution in [2.45, 2.75) is 12.5 Å². The molecule has 5 heteroatoms. The van der Waals surface area contributed by atoms with Crippen molar-refractivity contribution < 1.29 is 18.6 Å². The van der Waals surface area contributed by atoms with Crippen LogP contribution >= 0.6 is 0 Å². The molecule has 1 unspecified atom stereocenters. The van der Waals surface area contributed by atoms with Gasteiger partial charge in [-0.3, -0.25) is 0 Å². The van der Waals surface area contributed by atoms with Crippen LogP contribution < -0.4 is 9.64 Å². The first-order valence-electron chi connectivity index (χ1n) is 5.09. The molecule has 0 aliphatic carbocycles. The van der Waals surface area contributed by atoms with Crippen LogP contribution in [0.5, 0.6) is 5.75 Å². The van der Waals surface area contributed by atoms with Crippen LogP contribution in [0.2, 0.25) is 0 Å². The third kappa shape index (κ3) is 1.82. The van der Waals surface area contributed by atoms with E-state index < -0.39 is 11.6 Å². The molecule has 88 valence electrons. The van der Waals surface area contributed by atoms with Gasteiger partial charge < -0.3 is 14.7 Å². The van der Waals surface area contributed by atoms with Crippen LogP contribution in [0.1, 0.15) is 6.42 Å². The highest BCUT2D eigenvalue weighted by molar-refractivity contribution is 5.61. The van der Waals surface area contributed by atoms with Crippen molar-refractivity contribution >= 4 is 5.69 Å². The number of halogens is 2. The topological polar surface area (TPSA) is 32.7 Å². The molecule has 1 N–H and O–H groups in total. The van der Waals surface area contributed by atoms with E-state index in [-0.39, 0.29) is 24.1 Å². The van der Waals surface area contributed by atoms with Crippen molar-refractivity contribution in [3.8, 4) is 5.75 Å². The SMILES string of the molecule is CN1c2c(F)cc(F)cc2OCC1CCO. The Morgan fingerprint density at radius 3 is 2.94 bits per heavy atom. The Hall–Kier alpha value is -1.36. The zero-order chi connectivity index (χ0) is 11.7. The van der Waals surface area contributed by atoms with Crippen LogP contribution in [0.15, 0.2) is 12.1 Å². The number of fused-ring (bicyclic) bond motifs is 1. The van der Waals surface area contributed by atoms with E-state index in [0.717, 1.165) is 6.07 Å². The Morgan fingerprint density at radius 2 is 2.25 bits per heavy atom. The van der Waals surface area contributed by atoms with Crippen LogP contribution in [0.25, 0.3) is 0 Å². The average Bonchev–Trinajstić information content (AvgIpc) is 2.21.